The topological polar surface area (TPSA) is 6.48 Å². The van der Waals surface area contributed by atoms with Crippen LogP contribution in [0.2, 0.25) is 0 Å². The van der Waals surface area contributed by atoms with Crippen molar-refractivity contribution in [3.63, 3.8) is 0 Å². The summed E-state index contributed by atoms with van der Waals surface area (Å²) in [5.41, 5.74) is 4.70. The average Bonchev–Trinajstić information content (AvgIpc) is 3.50. The van der Waals surface area contributed by atoms with Crippen LogP contribution >= 0.6 is 0 Å². The van der Waals surface area contributed by atoms with Crippen molar-refractivity contribution in [2.75, 3.05) is 4.90 Å². The quantitative estimate of drug-likeness (QED) is 0.373. The normalized spacial score (nSPS) is 41.9. The van der Waals surface area contributed by atoms with Gasteiger partial charge in [0, 0.05) is 41.7 Å². The summed E-state index contributed by atoms with van der Waals surface area (Å²) in [5.74, 6) is 3.39. The van der Waals surface area contributed by atoms with E-state index in [1.54, 1.807) is 11.1 Å². The molecule has 8 rings (SSSR count). The first kappa shape index (κ1) is 24.2. The Morgan fingerprint density at radius 3 is 2.46 bits per heavy atom. The molecule has 2 heterocycles. The Morgan fingerprint density at radius 1 is 0.744 bits per heavy atom. The Labute approximate surface area is 235 Å². The van der Waals surface area contributed by atoms with Gasteiger partial charge < -0.3 is 4.90 Å². The highest BCUT2D eigenvalue weighted by atomic mass is 15.3. The highest BCUT2D eigenvalue weighted by Gasteiger charge is 2.52. The minimum atomic E-state index is 0.487. The second-order valence-electron chi connectivity index (χ2n) is 13.4. The SMILES string of the molecule is CC1CCC=CC1N1C2C=CC=CC2C2CC(c3ccc4c(c3)C3C=CC=CC3N4C3CC=CCC3)CCC21. The van der Waals surface area contributed by atoms with E-state index in [9.17, 15) is 0 Å². The molecule has 2 aliphatic heterocycles. The Kier molecular flexibility index (Phi) is 6.09. The first-order chi connectivity index (χ1) is 19.3. The van der Waals surface area contributed by atoms with Crippen molar-refractivity contribution >= 4 is 5.69 Å². The second kappa shape index (κ2) is 9.81. The van der Waals surface area contributed by atoms with Gasteiger partial charge in [-0.2, -0.15) is 0 Å². The van der Waals surface area contributed by atoms with Crippen molar-refractivity contribution in [3.8, 4) is 0 Å². The van der Waals surface area contributed by atoms with E-state index in [1.165, 1.54) is 57.1 Å². The van der Waals surface area contributed by atoms with Crippen LogP contribution in [0, 0.1) is 17.8 Å². The average molecular weight is 517 g/mol. The zero-order valence-corrected chi connectivity index (χ0v) is 23.5. The molecule has 2 fully saturated rings. The largest absolute Gasteiger partial charge is 0.361 e. The number of fused-ring (bicyclic) bond motifs is 6. The first-order valence-corrected chi connectivity index (χ1v) is 16.0. The van der Waals surface area contributed by atoms with E-state index in [1.807, 2.05) is 0 Å². The van der Waals surface area contributed by atoms with Gasteiger partial charge in [-0.15, -0.1) is 0 Å². The van der Waals surface area contributed by atoms with Gasteiger partial charge in [0.1, 0.15) is 0 Å². The third-order valence-electron chi connectivity index (χ3n) is 11.5. The molecule has 1 saturated carbocycles. The minimum absolute atomic E-state index is 0.487. The van der Waals surface area contributed by atoms with Crippen LogP contribution in [0.3, 0.4) is 0 Å². The lowest BCUT2D eigenvalue weighted by atomic mass is 9.70. The molecule has 39 heavy (non-hydrogen) atoms. The first-order valence-electron chi connectivity index (χ1n) is 16.0. The van der Waals surface area contributed by atoms with Gasteiger partial charge in [-0.05, 0) is 86.3 Å². The van der Waals surface area contributed by atoms with E-state index in [2.05, 4.69) is 108 Å². The molecule has 0 radical (unpaired) electrons. The summed E-state index contributed by atoms with van der Waals surface area (Å²) in [7, 11) is 0. The van der Waals surface area contributed by atoms with Crippen LogP contribution < -0.4 is 4.90 Å². The molecule has 2 heteroatoms. The second-order valence-corrected chi connectivity index (χ2v) is 13.4. The molecule has 0 N–H and O–H groups in total. The zero-order valence-electron chi connectivity index (χ0n) is 23.5. The van der Waals surface area contributed by atoms with E-state index in [0.717, 1.165) is 17.9 Å². The fraction of sp³-hybridized carbons (Fsp3) is 0.514. The summed E-state index contributed by atoms with van der Waals surface area (Å²) in [6, 6.07) is 10.7. The van der Waals surface area contributed by atoms with E-state index < -0.39 is 0 Å². The molecule has 2 nitrogen and oxygen atoms in total. The maximum atomic E-state index is 2.97. The number of allylic oxidation sites excluding steroid dienone is 6. The van der Waals surface area contributed by atoms with Gasteiger partial charge in [-0.3, -0.25) is 4.90 Å². The zero-order chi connectivity index (χ0) is 25.9. The predicted molar refractivity (Wildman–Crippen MR) is 163 cm³/mol. The van der Waals surface area contributed by atoms with E-state index in [-0.39, 0.29) is 0 Å². The number of rotatable bonds is 3. The van der Waals surface area contributed by atoms with Crippen molar-refractivity contribution in [1.29, 1.82) is 0 Å². The standard InChI is InChI=1S/C37H44N2/c1-25-11-5-8-16-33(25)39-35-18-10-7-15-30(35)32-24-27(20-22-37(32)39)26-19-21-36-31(23-26)29-14-6-9-17-34(29)38(36)28-12-3-2-4-13-28/h2-3,6-10,14-19,21,23,25,27-30,32-35,37H,4-5,11-13,20,22,24H2,1H3. The molecule has 0 spiro atoms. The molecule has 1 aromatic rings. The van der Waals surface area contributed by atoms with E-state index in [4.69, 9.17) is 0 Å². The van der Waals surface area contributed by atoms with Crippen molar-refractivity contribution in [1.82, 2.24) is 4.90 Å². The molecule has 5 aliphatic carbocycles. The lowest BCUT2D eigenvalue weighted by Crippen LogP contribution is -2.48. The van der Waals surface area contributed by atoms with Gasteiger partial charge in [-0.1, -0.05) is 92.0 Å². The van der Waals surface area contributed by atoms with Gasteiger partial charge >= 0.3 is 0 Å². The summed E-state index contributed by atoms with van der Waals surface area (Å²) >= 11 is 0. The molecule has 10 unspecified atom stereocenters. The maximum absolute atomic E-state index is 2.97. The van der Waals surface area contributed by atoms with E-state index in [0.29, 0.717) is 41.9 Å². The summed E-state index contributed by atoms with van der Waals surface area (Å²) in [5, 5.41) is 0. The maximum Gasteiger partial charge on any atom is 0.0583 e. The van der Waals surface area contributed by atoms with E-state index >= 15 is 0 Å². The summed E-state index contributed by atoms with van der Waals surface area (Å²) < 4.78 is 0. The van der Waals surface area contributed by atoms with Crippen molar-refractivity contribution in [3.05, 3.63) is 102 Å². The Hall–Kier alpha value is -2.58. The van der Waals surface area contributed by atoms with Crippen molar-refractivity contribution in [2.24, 2.45) is 17.8 Å². The van der Waals surface area contributed by atoms with Gasteiger partial charge in [0.15, 0.2) is 0 Å². The summed E-state index contributed by atoms with van der Waals surface area (Å²) in [4.78, 5) is 5.75. The molecular formula is C37H44N2. The molecule has 1 aromatic carbocycles. The van der Waals surface area contributed by atoms with Crippen LogP contribution in [0.5, 0.6) is 0 Å². The smallest absolute Gasteiger partial charge is 0.0583 e. The predicted octanol–water partition coefficient (Wildman–Crippen LogP) is 8.23. The molecule has 10 atom stereocenters. The number of hydrogen-bond donors (Lipinski definition) is 0. The summed E-state index contributed by atoms with van der Waals surface area (Å²) in [6.45, 7) is 2.49. The van der Waals surface area contributed by atoms with Gasteiger partial charge in [0.05, 0.1) is 6.04 Å². The number of likely N-dealkylation sites (tertiary alicyclic amines) is 1. The van der Waals surface area contributed by atoms with Crippen LogP contribution in [0.25, 0.3) is 0 Å². The van der Waals surface area contributed by atoms with Crippen LogP contribution in [0.4, 0.5) is 5.69 Å². The van der Waals surface area contributed by atoms with Gasteiger partial charge in [-0.25, -0.2) is 0 Å². The molecule has 1 saturated heterocycles. The minimum Gasteiger partial charge on any atom is -0.361 e. The molecule has 0 bridgehead atoms. The number of hydrogen-bond acceptors (Lipinski definition) is 2. The summed E-state index contributed by atoms with van der Waals surface area (Å²) in [6.07, 6.45) is 39.3. The van der Waals surface area contributed by atoms with Gasteiger partial charge in [0.25, 0.3) is 0 Å². The monoisotopic (exact) mass is 516 g/mol. The Balaban J connectivity index is 1.09. The highest BCUT2D eigenvalue weighted by Crippen LogP contribution is 2.53. The fourth-order valence-corrected chi connectivity index (χ4v) is 9.68. The molecule has 202 valence electrons. The lowest BCUT2D eigenvalue weighted by molar-refractivity contribution is 0.0964. The third kappa shape index (κ3) is 3.92. The molecule has 0 amide bonds. The lowest BCUT2D eigenvalue weighted by Gasteiger charge is -2.43. The number of nitrogens with zero attached hydrogens (tertiary/aromatic N) is 2. The Bertz CT molecular complexity index is 1280. The van der Waals surface area contributed by atoms with Crippen LogP contribution in [0.1, 0.15) is 81.3 Å². The van der Waals surface area contributed by atoms with Crippen LogP contribution in [-0.4, -0.2) is 35.1 Å². The van der Waals surface area contributed by atoms with Crippen LogP contribution in [-0.2, 0) is 0 Å². The van der Waals surface area contributed by atoms with Crippen molar-refractivity contribution in [2.45, 2.75) is 100 Å². The Morgan fingerprint density at radius 2 is 1.59 bits per heavy atom. The fourth-order valence-electron chi connectivity index (χ4n) is 9.68. The third-order valence-corrected chi connectivity index (χ3v) is 11.5. The number of benzene rings is 1. The molecule has 7 aliphatic rings. The molecule has 0 aromatic heterocycles. The van der Waals surface area contributed by atoms with Crippen LogP contribution in [0.15, 0.2) is 91.1 Å². The number of anilines is 1. The molecular weight excluding hydrogens is 472 g/mol. The highest BCUT2D eigenvalue weighted by molar-refractivity contribution is 5.67. The van der Waals surface area contributed by atoms with Gasteiger partial charge in [0.2, 0.25) is 0 Å². The van der Waals surface area contributed by atoms with Crippen molar-refractivity contribution < 1.29 is 0 Å².